The number of aliphatic imine (C=N–C) groups is 1. The first-order valence-corrected chi connectivity index (χ1v) is 11.9. The average molecular weight is 412 g/mol. The molecule has 0 saturated heterocycles. The predicted molar refractivity (Wildman–Crippen MR) is 130 cm³/mol. The normalized spacial score (nSPS) is 21.3. The van der Waals surface area contributed by atoms with Crippen LogP contribution in [0.15, 0.2) is 34.6 Å². The minimum Gasteiger partial charge on any atom is -0.367 e. The van der Waals surface area contributed by atoms with Gasteiger partial charge in [-0.05, 0) is 69.9 Å². The SMILES string of the molecule is CC.CCCNc1ncc(C(C)=NC2=C(C)CCC=C2)c(NC2CCC(CC)C2)n1. The van der Waals surface area contributed by atoms with Gasteiger partial charge in [-0.25, -0.2) is 4.98 Å². The molecule has 1 aromatic heterocycles. The van der Waals surface area contributed by atoms with Crippen molar-refractivity contribution in [3.05, 3.63) is 35.2 Å². The predicted octanol–water partition coefficient (Wildman–Crippen LogP) is 6.75. The topological polar surface area (TPSA) is 62.2 Å². The Hall–Kier alpha value is -2.17. The van der Waals surface area contributed by atoms with Crippen LogP contribution in [0.2, 0.25) is 0 Å². The molecule has 1 heterocycles. The van der Waals surface area contributed by atoms with Crippen molar-refractivity contribution in [2.24, 2.45) is 10.9 Å². The van der Waals surface area contributed by atoms with Crippen LogP contribution in [-0.4, -0.2) is 28.3 Å². The molecule has 0 spiro atoms. The number of rotatable bonds is 8. The molecule has 2 N–H and O–H groups in total. The third-order valence-corrected chi connectivity index (χ3v) is 5.86. The van der Waals surface area contributed by atoms with Crippen LogP contribution in [0.4, 0.5) is 11.8 Å². The highest BCUT2D eigenvalue weighted by atomic mass is 15.1. The molecule has 30 heavy (non-hydrogen) atoms. The van der Waals surface area contributed by atoms with E-state index >= 15 is 0 Å². The fourth-order valence-electron chi connectivity index (χ4n) is 3.99. The minimum absolute atomic E-state index is 0.487. The zero-order valence-electron chi connectivity index (χ0n) is 19.9. The lowest BCUT2D eigenvalue weighted by molar-refractivity contribution is 0.524. The second kappa shape index (κ2) is 12.5. The molecule has 5 nitrogen and oxygen atoms in total. The van der Waals surface area contributed by atoms with Crippen molar-refractivity contribution in [1.29, 1.82) is 0 Å². The lowest BCUT2D eigenvalue weighted by Gasteiger charge is -2.18. The van der Waals surface area contributed by atoms with Crippen LogP contribution in [0.5, 0.6) is 0 Å². The third-order valence-electron chi connectivity index (χ3n) is 5.86. The quantitative estimate of drug-likeness (QED) is 0.465. The van der Waals surface area contributed by atoms with Crippen molar-refractivity contribution in [3.63, 3.8) is 0 Å². The van der Waals surface area contributed by atoms with Crippen LogP contribution in [0.3, 0.4) is 0 Å². The molecule has 2 aliphatic rings. The maximum absolute atomic E-state index is 4.91. The number of allylic oxidation sites excluding steroid dienone is 3. The van der Waals surface area contributed by atoms with Gasteiger partial charge in [-0.15, -0.1) is 0 Å². The molecule has 2 unspecified atom stereocenters. The fraction of sp³-hybridized carbons (Fsp3) is 0.640. The Morgan fingerprint density at radius 1 is 1.23 bits per heavy atom. The molecule has 166 valence electrons. The molecule has 0 aliphatic heterocycles. The summed E-state index contributed by atoms with van der Waals surface area (Å²) < 4.78 is 0. The number of aromatic nitrogens is 2. The van der Waals surface area contributed by atoms with E-state index in [-0.39, 0.29) is 0 Å². The van der Waals surface area contributed by atoms with Crippen LogP contribution in [0.25, 0.3) is 0 Å². The van der Waals surface area contributed by atoms with Crippen molar-refractivity contribution >= 4 is 17.5 Å². The monoisotopic (exact) mass is 411 g/mol. The van der Waals surface area contributed by atoms with E-state index in [0.717, 1.165) is 54.5 Å². The number of nitrogens with one attached hydrogen (secondary N) is 2. The molecule has 5 heteroatoms. The van der Waals surface area contributed by atoms with Gasteiger partial charge >= 0.3 is 0 Å². The van der Waals surface area contributed by atoms with Gasteiger partial charge in [-0.3, -0.25) is 4.99 Å². The van der Waals surface area contributed by atoms with E-state index in [9.17, 15) is 0 Å². The fourth-order valence-corrected chi connectivity index (χ4v) is 3.99. The molecule has 1 fully saturated rings. The Balaban J connectivity index is 0.00000155. The molecule has 2 aliphatic carbocycles. The minimum atomic E-state index is 0.487. The summed E-state index contributed by atoms with van der Waals surface area (Å²) >= 11 is 0. The third kappa shape index (κ3) is 6.68. The Morgan fingerprint density at radius 2 is 2.03 bits per heavy atom. The van der Waals surface area contributed by atoms with Crippen LogP contribution >= 0.6 is 0 Å². The Bertz CT molecular complexity index is 763. The number of hydrogen-bond donors (Lipinski definition) is 2. The highest BCUT2D eigenvalue weighted by molar-refractivity contribution is 6.03. The van der Waals surface area contributed by atoms with Gasteiger partial charge in [0.1, 0.15) is 5.82 Å². The molecular formula is C25H41N5. The molecule has 0 aromatic carbocycles. The molecule has 0 amide bonds. The lowest BCUT2D eigenvalue weighted by Crippen LogP contribution is -2.20. The second-order valence-corrected chi connectivity index (χ2v) is 8.12. The van der Waals surface area contributed by atoms with E-state index in [1.165, 1.54) is 31.3 Å². The summed E-state index contributed by atoms with van der Waals surface area (Å²) in [7, 11) is 0. The van der Waals surface area contributed by atoms with E-state index < -0.39 is 0 Å². The van der Waals surface area contributed by atoms with E-state index in [0.29, 0.717) is 12.0 Å². The van der Waals surface area contributed by atoms with Crippen LogP contribution in [0, 0.1) is 5.92 Å². The number of anilines is 2. The van der Waals surface area contributed by atoms with Gasteiger partial charge in [-0.2, -0.15) is 4.98 Å². The van der Waals surface area contributed by atoms with Crippen LogP contribution in [-0.2, 0) is 0 Å². The summed E-state index contributed by atoms with van der Waals surface area (Å²) in [6.07, 6.45) is 14.5. The maximum Gasteiger partial charge on any atom is 0.224 e. The van der Waals surface area contributed by atoms with Gasteiger partial charge in [0.15, 0.2) is 0 Å². The van der Waals surface area contributed by atoms with E-state index in [2.05, 4.69) is 55.5 Å². The van der Waals surface area contributed by atoms with Gasteiger partial charge in [0.2, 0.25) is 5.95 Å². The average Bonchev–Trinajstić information content (AvgIpc) is 3.23. The standard InChI is InChI=1S/C23H35N5.C2H6/c1-5-13-24-23-25-15-20(17(4)26-21-10-8-7-9-16(21)3)22(28-23)27-19-12-11-18(6-2)14-19;1-2/h8,10,15,18-19H,5-7,9,11-14H2,1-4H3,(H2,24,25,27,28);1-2H3. The highest BCUT2D eigenvalue weighted by Gasteiger charge is 2.24. The van der Waals surface area contributed by atoms with Gasteiger partial charge in [0.05, 0.1) is 17.0 Å². The molecule has 2 atom stereocenters. The Morgan fingerprint density at radius 3 is 2.70 bits per heavy atom. The summed E-state index contributed by atoms with van der Waals surface area (Å²) in [5.74, 6) is 2.43. The van der Waals surface area contributed by atoms with Crippen molar-refractivity contribution in [2.75, 3.05) is 17.2 Å². The first-order valence-electron chi connectivity index (χ1n) is 11.9. The Labute approximate surface area is 183 Å². The van der Waals surface area contributed by atoms with E-state index in [1.807, 2.05) is 20.0 Å². The molecule has 0 radical (unpaired) electrons. The van der Waals surface area contributed by atoms with E-state index in [1.54, 1.807) is 0 Å². The van der Waals surface area contributed by atoms with Crippen molar-refractivity contribution in [1.82, 2.24) is 9.97 Å². The summed E-state index contributed by atoms with van der Waals surface area (Å²) in [5, 5.41) is 7.03. The summed E-state index contributed by atoms with van der Waals surface area (Å²) in [5.41, 5.74) is 4.40. The second-order valence-electron chi connectivity index (χ2n) is 8.12. The first-order chi connectivity index (χ1) is 14.6. The van der Waals surface area contributed by atoms with Gasteiger partial charge < -0.3 is 10.6 Å². The molecule has 3 rings (SSSR count). The Kier molecular flexibility index (Phi) is 10.0. The molecular weight excluding hydrogens is 370 g/mol. The van der Waals surface area contributed by atoms with E-state index in [4.69, 9.17) is 9.98 Å². The molecule has 1 aromatic rings. The zero-order chi connectivity index (χ0) is 21.9. The molecule has 1 saturated carbocycles. The van der Waals surface area contributed by atoms with Gasteiger partial charge in [0, 0.05) is 18.8 Å². The zero-order valence-corrected chi connectivity index (χ0v) is 19.9. The summed E-state index contributed by atoms with van der Waals surface area (Å²) in [4.78, 5) is 14.3. The van der Waals surface area contributed by atoms with Crippen molar-refractivity contribution in [3.8, 4) is 0 Å². The maximum atomic E-state index is 4.91. The van der Waals surface area contributed by atoms with Crippen molar-refractivity contribution in [2.45, 2.75) is 92.5 Å². The number of hydrogen-bond acceptors (Lipinski definition) is 5. The van der Waals surface area contributed by atoms with Gasteiger partial charge in [-0.1, -0.05) is 40.2 Å². The van der Waals surface area contributed by atoms with Crippen LogP contribution < -0.4 is 10.6 Å². The summed E-state index contributed by atoms with van der Waals surface area (Å²) in [6, 6.07) is 0.487. The number of nitrogens with zero attached hydrogens (tertiary/aromatic N) is 3. The molecule has 0 bridgehead atoms. The lowest BCUT2D eigenvalue weighted by atomic mass is 10.0. The smallest absolute Gasteiger partial charge is 0.224 e. The van der Waals surface area contributed by atoms with Gasteiger partial charge in [0.25, 0.3) is 0 Å². The summed E-state index contributed by atoms with van der Waals surface area (Å²) in [6.45, 7) is 13.6. The van der Waals surface area contributed by atoms with Crippen molar-refractivity contribution < 1.29 is 0 Å². The van der Waals surface area contributed by atoms with Crippen LogP contribution in [0.1, 0.15) is 92.1 Å². The highest BCUT2D eigenvalue weighted by Crippen LogP contribution is 2.31. The largest absolute Gasteiger partial charge is 0.367 e. The first kappa shape index (κ1) is 24.1.